The van der Waals surface area contributed by atoms with Crippen LogP contribution >= 0.6 is 11.3 Å². The second kappa shape index (κ2) is 7.10. The molecule has 0 radical (unpaired) electrons. The minimum Gasteiger partial charge on any atom is -0.345 e. The van der Waals surface area contributed by atoms with Crippen LogP contribution in [0, 0.1) is 6.92 Å². The summed E-state index contributed by atoms with van der Waals surface area (Å²) >= 11 is 1.88. The normalized spacial score (nSPS) is 17.2. The maximum absolute atomic E-state index is 4.86. The number of hydrogen-bond acceptors (Lipinski definition) is 4. The zero-order chi connectivity index (χ0) is 15.5. The van der Waals surface area contributed by atoms with Gasteiger partial charge in [0.15, 0.2) is 5.13 Å². The molecule has 1 N–H and O–H groups in total. The van der Waals surface area contributed by atoms with E-state index in [0.29, 0.717) is 6.04 Å². The van der Waals surface area contributed by atoms with Crippen LogP contribution < -0.4 is 10.2 Å². The third-order valence-corrected chi connectivity index (χ3v) is 5.46. The molecule has 1 aromatic rings. The van der Waals surface area contributed by atoms with Gasteiger partial charge in [0, 0.05) is 29.5 Å². The highest BCUT2D eigenvalue weighted by Gasteiger charge is 2.23. The Morgan fingerprint density at radius 3 is 2.48 bits per heavy atom. The molecule has 0 bridgehead atoms. The van der Waals surface area contributed by atoms with E-state index in [1.165, 1.54) is 47.8 Å². The molecule has 0 spiro atoms. The Balaban J connectivity index is 2.08. The highest BCUT2D eigenvalue weighted by atomic mass is 32.1. The number of nitrogens with zero attached hydrogens (tertiary/aromatic N) is 2. The molecule has 1 aliphatic rings. The molecule has 3 nitrogen and oxygen atoms in total. The monoisotopic (exact) mass is 309 g/mol. The van der Waals surface area contributed by atoms with Crippen molar-refractivity contribution in [3.8, 4) is 0 Å². The van der Waals surface area contributed by atoms with Gasteiger partial charge in [-0.2, -0.15) is 0 Å². The largest absolute Gasteiger partial charge is 0.345 e. The van der Waals surface area contributed by atoms with Crippen molar-refractivity contribution >= 4 is 16.5 Å². The molecule has 1 heterocycles. The van der Waals surface area contributed by atoms with Gasteiger partial charge in [-0.05, 0) is 47.5 Å². The van der Waals surface area contributed by atoms with Gasteiger partial charge in [-0.1, -0.05) is 19.3 Å². The van der Waals surface area contributed by atoms with Gasteiger partial charge in [0.25, 0.3) is 0 Å². The van der Waals surface area contributed by atoms with E-state index in [0.717, 1.165) is 13.1 Å². The predicted octanol–water partition coefficient (Wildman–Crippen LogP) is 4.50. The van der Waals surface area contributed by atoms with Gasteiger partial charge in [-0.25, -0.2) is 4.98 Å². The predicted molar refractivity (Wildman–Crippen MR) is 93.3 cm³/mol. The number of rotatable bonds is 5. The summed E-state index contributed by atoms with van der Waals surface area (Å²) in [5.41, 5.74) is 1.35. The van der Waals surface area contributed by atoms with Crippen molar-refractivity contribution in [2.24, 2.45) is 0 Å². The molecule has 0 unspecified atom stereocenters. The van der Waals surface area contributed by atoms with E-state index in [-0.39, 0.29) is 5.54 Å². The van der Waals surface area contributed by atoms with Gasteiger partial charge in [0.05, 0.1) is 5.69 Å². The highest BCUT2D eigenvalue weighted by Crippen LogP contribution is 2.32. The van der Waals surface area contributed by atoms with Crippen LogP contribution in [-0.2, 0) is 6.54 Å². The lowest BCUT2D eigenvalue weighted by Crippen LogP contribution is -2.36. The van der Waals surface area contributed by atoms with E-state index in [9.17, 15) is 0 Å². The Kier molecular flexibility index (Phi) is 5.67. The Hall–Kier alpha value is -0.610. The minimum atomic E-state index is 0.157. The highest BCUT2D eigenvalue weighted by molar-refractivity contribution is 7.15. The Morgan fingerprint density at radius 1 is 1.24 bits per heavy atom. The Bertz CT molecular complexity index is 441. The SMILES string of the molecule is CCN(c1nc(C)c(CNC(C)(C)C)s1)C1CCCCC1. The quantitative estimate of drug-likeness (QED) is 0.868. The topological polar surface area (TPSA) is 28.2 Å². The third-order valence-electron chi connectivity index (χ3n) is 4.26. The zero-order valence-corrected chi connectivity index (χ0v) is 15.1. The summed E-state index contributed by atoms with van der Waals surface area (Å²) in [5, 5.41) is 4.81. The van der Waals surface area contributed by atoms with E-state index in [1.807, 2.05) is 11.3 Å². The molecule has 120 valence electrons. The molecule has 0 aromatic carbocycles. The van der Waals surface area contributed by atoms with Crippen LogP contribution in [0.1, 0.15) is 70.4 Å². The molecular formula is C17H31N3S. The van der Waals surface area contributed by atoms with Crippen molar-refractivity contribution in [1.82, 2.24) is 10.3 Å². The van der Waals surface area contributed by atoms with Crippen molar-refractivity contribution in [2.75, 3.05) is 11.4 Å². The zero-order valence-electron chi connectivity index (χ0n) is 14.3. The molecule has 1 aromatic heterocycles. The van der Waals surface area contributed by atoms with Crippen molar-refractivity contribution in [2.45, 2.75) is 84.8 Å². The number of hydrogen-bond donors (Lipinski definition) is 1. The van der Waals surface area contributed by atoms with Crippen molar-refractivity contribution in [1.29, 1.82) is 0 Å². The van der Waals surface area contributed by atoms with Crippen LogP contribution in [0.25, 0.3) is 0 Å². The standard InChI is InChI=1S/C17H31N3S/c1-6-20(14-10-8-7-9-11-14)16-19-13(2)15(21-16)12-18-17(3,4)5/h14,18H,6-12H2,1-5H3. The molecule has 1 fully saturated rings. The van der Waals surface area contributed by atoms with E-state index in [4.69, 9.17) is 4.98 Å². The van der Waals surface area contributed by atoms with Gasteiger partial charge >= 0.3 is 0 Å². The number of aryl methyl sites for hydroxylation is 1. The van der Waals surface area contributed by atoms with Crippen molar-refractivity contribution in [3.63, 3.8) is 0 Å². The molecule has 21 heavy (non-hydrogen) atoms. The third kappa shape index (κ3) is 4.68. The van der Waals surface area contributed by atoms with Crippen molar-refractivity contribution in [3.05, 3.63) is 10.6 Å². The van der Waals surface area contributed by atoms with Gasteiger partial charge in [0.2, 0.25) is 0 Å². The Labute approximate surface area is 134 Å². The molecule has 1 saturated carbocycles. The van der Waals surface area contributed by atoms with Crippen LogP contribution in [0.3, 0.4) is 0 Å². The first kappa shape index (κ1) is 16.8. The van der Waals surface area contributed by atoms with E-state index in [2.05, 4.69) is 44.8 Å². The number of thiazole rings is 1. The van der Waals surface area contributed by atoms with E-state index >= 15 is 0 Å². The lowest BCUT2D eigenvalue weighted by Gasteiger charge is -2.33. The molecule has 4 heteroatoms. The summed E-state index contributed by atoms with van der Waals surface area (Å²) in [6.45, 7) is 13.0. The van der Waals surface area contributed by atoms with Crippen LogP contribution in [0.5, 0.6) is 0 Å². The summed E-state index contributed by atoms with van der Waals surface area (Å²) in [5.74, 6) is 0. The van der Waals surface area contributed by atoms with Gasteiger partial charge < -0.3 is 10.2 Å². The lowest BCUT2D eigenvalue weighted by atomic mass is 9.94. The van der Waals surface area contributed by atoms with Gasteiger partial charge in [-0.3, -0.25) is 0 Å². The molecule has 0 saturated heterocycles. The summed E-state index contributed by atoms with van der Waals surface area (Å²) < 4.78 is 0. The fourth-order valence-electron chi connectivity index (χ4n) is 2.99. The van der Waals surface area contributed by atoms with Crippen LogP contribution in [0.4, 0.5) is 5.13 Å². The smallest absolute Gasteiger partial charge is 0.186 e. The number of aromatic nitrogens is 1. The van der Waals surface area contributed by atoms with Crippen LogP contribution in [0.2, 0.25) is 0 Å². The summed E-state index contributed by atoms with van der Waals surface area (Å²) in [6.07, 6.45) is 6.84. The average Bonchev–Trinajstić information content (AvgIpc) is 2.79. The minimum absolute atomic E-state index is 0.157. The van der Waals surface area contributed by atoms with Crippen molar-refractivity contribution < 1.29 is 0 Å². The lowest BCUT2D eigenvalue weighted by molar-refractivity contribution is 0.418. The summed E-state index contributed by atoms with van der Waals surface area (Å²) in [6, 6.07) is 0.706. The molecule has 0 aliphatic heterocycles. The maximum Gasteiger partial charge on any atom is 0.186 e. The van der Waals surface area contributed by atoms with Crippen LogP contribution in [0.15, 0.2) is 0 Å². The second-order valence-electron chi connectivity index (χ2n) is 7.19. The number of nitrogens with one attached hydrogen (secondary N) is 1. The summed E-state index contributed by atoms with van der Waals surface area (Å²) in [4.78, 5) is 8.78. The van der Waals surface area contributed by atoms with Gasteiger partial charge in [-0.15, -0.1) is 11.3 Å². The first-order valence-corrected chi connectivity index (χ1v) is 9.20. The first-order chi connectivity index (χ1) is 9.90. The molecule has 0 atom stereocenters. The second-order valence-corrected chi connectivity index (χ2v) is 8.25. The Morgan fingerprint density at radius 2 is 1.90 bits per heavy atom. The number of anilines is 1. The molecule has 0 amide bonds. The fraction of sp³-hybridized carbons (Fsp3) is 0.824. The van der Waals surface area contributed by atoms with Gasteiger partial charge in [0.1, 0.15) is 0 Å². The summed E-state index contributed by atoms with van der Waals surface area (Å²) in [7, 11) is 0. The van der Waals surface area contributed by atoms with E-state index in [1.54, 1.807) is 0 Å². The maximum atomic E-state index is 4.86. The van der Waals surface area contributed by atoms with Crippen LogP contribution in [-0.4, -0.2) is 23.1 Å². The van der Waals surface area contributed by atoms with E-state index < -0.39 is 0 Å². The first-order valence-electron chi connectivity index (χ1n) is 8.38. The average molecular weight is 310 g/mol. The molecular weight excluding hydrogens is 278 g/mol. The molecule has 2 rings (SSSR count). The molecule has 1 aliphatic carbocycles. The fourth-order valence-corrected chi connectivity index (χ4v) is 4.12.